The Balaban J connectivity index is 1.46. The lowest BCUT2D eigenvalue weighted by molar-refractivity contribution is -0.296. The zero-order valence-electron chi connectivity index (χ0n) is 18.5. The van der Waals surface area contributed by atoms with Crippen LogP contribution < -0.4 is 14.8 Å². The third-order valence-electron chi connectivity index (χ3n) is 5.53. The maximum absolute atomic E-state index is 13.8. The molecule has 1 N–H and O–H groups in total. The molecule has 5 rings (SSSR count). The Kier molecular flexibility index (Phi) is 5.81. The highest BCUT2D eigenvalue weighted by atomic mass is 19.3. The fraction of sp³-hybridized carbons (Fsp3) is 0.120. The molecule has 0 atom stereocenters. The minimum absolute atomic E-state index is 0.0628. The first-order chi connectivity index (χ1) is 17.5. The average Bonchev–Trinajstić information content (AvgIpc) is 3.37. The molecule has 1 aliphatic rings. The van der Waals surface area contributed by atoms with Gasteiger partial charge in [-0.25, -0.2) is 4.79 Å². The lowest BCUT2D eigenvalue weighted by atomic mass is 10.0. The largest absolute Gasteiger partial charge is 0.469 e. The van der Waals surface area contributed by atoms with Crippen molar-refractivity contribution in [1.29, 1.82) is 0 Å². The quantitative estimate of drug-likeness (QED) is 0.289. The number of nitrogens with one attached hydrogen (secondary N) is 1. The van der Waals surface area contributed by atoms with Crippen molar-refractivity contribution in [2.45, 2.75) is 18.6 Å². The zero-order valence-corrected chi connectivity index (χ0v) is 18.5. The molecular weight excluding hydrogens is 504 g/mol. The predicted molar refractivity (Wildman–Crippen MR) is 120 cm³/mol. The van der Waals surface area contributed by atoms with Gasteiger partial charge in [0.15, 0.2) is 0 Å². The molecule has 37 heavy (non-hydrogen) atoms. The van der Waals surface area contributed by atoms with Crippen LogP contribution in [0.15, 0.2) is 79.0 Å². The molecule has 0 saturated heterocycles. The van der Waals surface area contributed by atoms with Gasteiger partial charge >= 0.3 is 24.7 Å². The Morgan fingerprint density at radius 1 is 0.946 bits per heavy atom. The SMILES string of the molecule is O=C(Nc1ccc2c(c1)OC(F)(F)C2(F)F)n1cc(-c2ccccc2)c(-c2ccc(OC(F)F)cc2)n1. The van der Waals surface area contributed by atoms with Crippen LogP contribution in [0.4, 0.5) is 36.8 Å². The second kappa shape index (κ2) is 8.87. The molecule has 1 amide bonds. The van der Waals surface area contributed by atoms with E-state index >= 15 is 0 Å². The van der Waals surface area contributed by atoms with Gasteiger partial charge in [0.05, 0.1) is 5.56 Å². The molecule has 0 saturated carbocycles. The van der Waals surface area contributed by atoms with Gasteiger partial charge in [-0.15, -0.1) is 0 Å². The molecule has 1 aromatic heterocycles. The second-order valence-electron chi connectivity index (χ2n) is 7.94. The van der Waals surface area contributed by atoms with Gasteiger partial charge in [0.1, 0.15) is 17.2 Å². The molecule has 190 valence electrons. The summed E-state index contributed by atoms with van der Waals surface area (Å²) >= 11 is 0. The Labute approximate surface area is 205 Å². The van der Waals surface area contributed by atoms with E-state index in [9.17, 15) is 31.1 Å². The van der Waals surface area contributed by atoms with E-state index in [1.54, 1.807) is 30.3 Å². The molecule has 2 heterocycles. The number of rotatable bonds is 5. The Morgan fingerprint density at radius 2 is 1.65 bits per heavy atom. The molecular formula is C25H15F6N3O3. The number of carbonyl (C=O) groups is 1. The fourth-order valence-corrected chi connectivity index (χ4v) is 3.80. The first kappa shape index (κ1) is 24.2. The van der Waals surface area contributed by atoms with Crippen molar-refractivity contribution in [3.8, 4) is 33.9 Å². The van der Waals surface area contributed by atoms with E-state index < -0.39 is 36.0 Å². The van der Waals surface area contributed by atoms with Crippen LogP contribution in [0.2, 0.25) is 0 Å². The molecule has 0 spiro atoms. The van der Waals surface area contributed by atoms with Crippen LogP contribution in [0.5, 0.6) is 11.5 Å². The van der Waals surface area contributed by atoms with E-state index in [0.29, 0.717) is 22.4 Å². The second-order valence-corrected chi connectivity index (χ2v) is 7.94. The lowest BCUT2D eigenvalue weighted by Gasteiger charge is -2.15. The van der Waals surface area contributed by atoms with Crippen LogP contribution in [-0.2, 0) is 5.92 Å². The van der Waals surface area contributed by atoms with Gasteiger partial charge < -0.3 is 14.8 Å². The minimum atomic E-state index is -4.71. The van der Waals surface area contributed by atoms with Crippen molar-refractivity contribution >= 4 is 11.7 Å². The smallest absolute Gasteiger partial charge is 0.435 e. The number of benzene rings is 3. The van der Waals surface area contributed by atoms with E-state index in [1.165, 1.54) is 30.5 Å². The lowest BCUT2D eigenvalue weighted by Crippen LogP contribution is -2.36. The number of fused-ring (bicyclic) bond motifs is 1. The fourth-order valence-electron chi connectivity index (χ4n) is 3.80. The summed E-state index contributed by atoms with van der Waals surface area (Å²) in [6.45, 7) is -2.99. The van der Waals surface area contributed by atoms with Gasteiger partial charge in [0.25, 0.3) is 0 Å². The minimum Gasteiger partial charge on any atom is -0.435 e. The number of hydrogen-bond acceptors (Lipinski definition) is 4. The van der Waals surface area contributed by atoms with Crippen molar-refractivity contribution in [2.24, 2.45) is 0 Å². The number of carbonyl (C=O) groups excluding carboxylic acids is 1. The summed E-state index contributed by atoms with van der Waals surface area (Å²) in [6.07, 6.45) is -3.30. The maximum Gasteiger partial charge on any atom is 0.469 e. The van der Waals surface area contributed by atoms with Crippen LogP contribution in [-0.4, -0.2) is 28.5 Å². The molecule has 0 bridgehead atoms. The molecule has 4 aromatic rings. The Morgan fingerprint density at radius 3 is 2.32 bits per heavy atom. The number of amides is 1. The van der Waals surface area contributed by atoms with Crippen LogP contribution in [0.1, 0.15) is 5.56 Å². The zero-order chi connectivity index (χ0) is 26.4. The predicted octanol–water partition coefficient (Wildman–Crippen LogP) is 6.98. The summed E-state index contributed by atoms with van der Waals surface area (Å²) in [5, 5.41) is 6.71. The Bertz CT molecular complexity index is 1460. The van der Waals surface area contributed by atoms with Gasteiger partial charge in [-0.2, -0.15) is 36.1 Å². The van der Waals surface area contributed by atoms with Gasteiger partial charge in [0.2, 0.25) is 0 Å². The van der Waals surface area contributed by atoms with E-state index in [-0.39, 0.29) is 11.4 Å². The molecule has 3 aromatic carbocycles. The van der Waals surface area contributed by atoms with Crippen LogP contribution in [0, 0.1) is 0 Å². The molecule has 6 nitrogen and oxygen atoms in total. The summed E-state index contributed by atoms with van der Waals surface area (Å²) < 4.78 is 89.0. The number of hydrogen-bond donors (Lipinski definition) is 1. The van der Waals surface area contributed by atoms with Crippen molar-refractivity contribution < 1.29 is 40.6 Å². The summed E-state index contributed by atoms with van der Waals surface area (Å²) in [5.41, 5.74) is 0.963. The van der Waals surface area contributed by atoms with E-state index in [1.807, 2.05) is 0 Å². The van der Waals surface area contributed by atoms with Gasteiger partial charge in [0, 0.05) is 29.1 Å². The molecule has 0 radical (unpaired) electrons. The monoisotopic (exact) mass is 519 g/mol. The molecule has 0 aliphatic carbocycles. The van der Waals surface area contributed by atoms with Gasteiger partial charge in [-0.05, 0) is 42.0 Å². The van der Waals surface area contributed by atoms with Crippen LogP contribution >= 0.6 is 0 Å². The van der Waals surface area contributed by atoms with Crippen molar-refractivity contribution in [2.75, 3.05) is 5.32 Å². The van der Waals surface area contributed by atoms with Crippen molar-refractivity contribution in [1.82, 2.24) is 9.78 Å². The number of aromatic nitrogens is 2. The van der Waals surface area contributed by atoms with E-state index in [0.717, 1.165) is 22.9 Å². The first-order valence-corrected chi connectivity index (χ1v) is 10.7. The highest BCUT2D eigenvalue weighted by Crippen LogP contribution is 2.53. The average molecular weight is 519 g/mol. The number of ether oxygens (including phenoxy) is 2. The summed E-state index contributed by atoms with van der Waals surface area (Å²) in [6, 6.07) is 16.3. The van der Waals surface area contributed by atoms with Crippen LogP contribution in [0.3, 0.4) is 0 Å². The van der Waals surface area contributed by atoms with Gasteiger partial charge in [-0.1, -0.05) is 30.3 Å². The third-order valence-corrected chi connectivity index (χ3v) is 5.53. The normalized spacial score (nSPS) is 15.2. The number of halogens is 6. The van der Waals surface area contributed by atoms with E-state index in [2.05, 4.69) is 19.9 Å². The molecule has 0 fully saturated rings. The maximum atomic E-state index is 13.8. The molecule has 1 aliphatic heterocycles. The first-order valence-electron chi connectivity index (χ1n) is 10.7. The number of alkyl halides is 6. The summed E-state index contributed by atoms with van der Waals surface area (Å²) in [5.74, 6) is -5.33. The topological polar surface area (TPSA) is 65.4 Å². The third kappa shape index (κ3) is 4.46. The molecule has 12 heteroatoms. The van der Waals surface area contributed by atoms with Crippen molar-refractivity contribution in [3.05, 3.63) is 84.6 Å². The summed E-state index contributed by atoms with van der Waals surface area (Å²) in [4.78, 5) is 12.9. The van der Waals surface area contributed by atoms with Crippen molar-refractivity contribution in [3.63, 3.8) is 0 Å². The van der Waals surface area contributed by atoms with E-state index in [4.69, 9.17) is 0 Å². The highest BCUT2D eigenvalue weighted by molar-refractivity contribution is 5.93. The Hall–Kier alpha value is -4.48. The highest BCUT2D eigenvalue weighted by Gasteiger charge is 2.66. The summed E-state index contributed by atoms with van der Waals surface area (Å²) in [7, 11) is 0. The standard InChI is InChI=1S/C25H15F6N3O3/c26-22(27)36-17-9-6-15(7-10-17)21-18(14-4-2-1-3-5-14)13-34(33-21)23(35)32-16-8-11-19-20(12-16)37-25(30,31)24(19,28)29/h1-13,22H,(H,32,35). The number of anilines is 1. The van der Waals surface area contributed by atoms with Crippen LogP contribution in [0.25, 0.3) is 22.4 Å². The number of nitrogens with zero attached hydrogens (tertiary/aromatic N) is 2. The van der Waals surface area contributed by atoms with Gasteiger partial charge in [-0.3, -0.25) is 0 Å². The molecule has 0 unspecified atom stereocenters.